The molecule has 0 aromatic heterocycles. The zero-order valence-corrected chi connectivity index (χ0v) is 16.4. The van der Waals surface area contributed by atoms with Gasteiger partial charge in [0.2, 0.25) is 5.91 Å². The van der Waals surface area contributed by atoms with E-state index in [1.54, 1.807) is 26.4 Å². The van der Waals surface area contributed by atoms with E-state index in [0.717, 1.165) is 42.0 Å². The number of amides is 1. The molecule has 150 valence electrons. The average molecular weight is 386 g/mol. The smallest absolute Gasteiger partial charge is 0.224 e. The molecule has 28 heavy (non-hydrogen) atoms. The second kappa shape index (κ2) is 9.55. The Kier molecular flexibility index (Phi) is 6.87. The molecule has 1 aliphatic heterocycles. The Morgan fingerprint density at radius 3 is 2.82 bits per heavy atom. The van der Waals surface area contributed by atoms with E-state index in [4.69, 9.17) is 9.47 Å². The number of likely N-dealkylation sites (tertiary alicyclic amines) is 1. The molecule has 1 N–H and O–H groups in total. The number of ether oxygens (including phenoxy) is 2. The van der Waals surface area contributed by atoms with Crippen LogP contribution in [-0.4, -0.2) is 38.1 Å². The number of rotatable bonds is 7. The Balaban J connectivity index is 1.57. The highest BCUT2D eigenvalue weighted by molar-refractivity contribution is 5.79. The number of hydrogen-bond donors (Lipinski definition) is 1. The Bertz CT molecular complexity index is 812. The predicted octanol–water partition coefficient (Wildman–Crippen LogP) is 3.37. The third-order valence-corrected chi connectivity index (χ3v) is 5.11. The van der Waals surface area contributed by atoms with Crippen molar-refractivity contribution in [3.63, 3.8) is 0 Å². The Hall–Kier alpha value is -2.60. The SMILES string of the molecule is COc1ccc(OC)c(CNC(=O)C2CCCN(Cc3cccc(F)c3)C2)c1. The molecule has 1 unspecified atom stereocenters. The van der Waals surface area contributed by atoms with Crippen molar-refractivity contribution in [1.29, 1.82) is 0 Å². The summed E-state index contributed by atoms with van der Waals surface area (Å²) in [5.74, 6) is 1.19. The zero-order valence-electron chi connectivity index (χ0n) is 16.4. The van der Waals surface area contributed by atoms with Crippen LogP contribution in [0.1, 0.15) is 24.0 Å². The fourth-order valence-electron chi connectivity index (χ4n) is 3.65. The molecule has 0 saturated carbocycles. The van der Waals surface area contributed by atoms with Crippen LogP contribution in [0.15, 0.2) is 42.5 Å². The molecule has 1 saturated heterocycles. The molecule has 1 fully saturated rings. The van der Waals surface area contributed by atoms with Crippen molar-refractivity contribution in [3.8, 4) is 11.5 Å². The van der Waals surface area contributed by atoms with E-state index in [-0.39, 0.29) is 17.6 Å². The highest BCUT2D eigenvalue weighted by Crippen LogP contribution is 2.24. The van der Waals surface area contributed by atoms with Gasteiger partial charge in [0.15, 0.2) is 0 Å². The summed E-state index contributed by atoms with van der Waals surface area (Å²) in [6.07, 6.45) is 1.82. The van der Waals surface area contributed by atoms with Gasteiger partial charge in [0.05, 0.1) is 20.1 Å². The van der Waals surface area contributed by atoms with E-state index in [0.29, 0.717) is 19.6 Å². The first-order valence-corrected chi connectivity index (χ1v) is 9.54. The van der Waals surface area contributed by atoms with Gasteiger partial charge in [-0.25, -0.2) is 4.39 Å². The second-order valence-electron chi connectivity index (χ2n) is 7.10. The third kappa shape index (κ3) is 5.23. The molecular formula is C22H27FN2O3. The van der Waals surface area contributed by atoms with Crippen molar-refractivity contribution in [2.45, 2.75) is 25.9 Å². The molecule has 0 spiro atoms. The first-order chi connectivity index (χ1) is 13.6. The average Bonchev–Trinajstić information content (AvgIpc) is 2.72. The minimum atomic E-state index is -0.226. The summed E-state index contributed by atoms with van der Waals surface area (Å²) in [5.41, 5.74) is 1.81. The summed E-state index contributed by atoms with van der Waals surface area (Å²) < 4.78 is 24.0. The van der Waals surface area contributed by atoms with Crippen molar-refractivity contribution in [1.82, 2.24) is 10.2 Å². The standard InChI is InChI=1S/C22H27FN2O3/c1-27-20-8-9-21(28-2)18(12-20)13-24-22(26)17-6-4-10-25(15-17)14-16-5-3-7-19(23)11-16/h3,5,7-9,11-12,17H,4,6,10,13-15H2,1-2H3,(H,24,26). The molecule has 0 bridgehead atoms. The quantitative estimate of drug-likeness (QED) is 0.793. The molecule has 1 aliphatic rings. The zero-order chi connectivity index (χ0) is 19.9. The molecule has 0 radical (unpaired) electrons. The Morgan fingerprint density at radius 2 is 2.07 bits per heavy atom. The number of piperidine rings is 1. The van der Waals surface area contributed by atoms with Crippen LogP contribution < -0.4 is 14.8 Å². The van der Waals surface area contributed by atoms with E-state index in [2.05, 4.69) is 10.2 Å². The van der Waals surface area contributed by atoms with E-state index >= 15 is 0 Å². The van der Waals surface area contributed by atoms with Gasteiger partial charge in [-0.3, -0.25) is 9.69 Å². The lowest BCUT2D eigenvalue weighted by Crippen LogP contribution is -2.42. The molecule has 3 rings (SSSR count). The maximum atomic E-state index is 13.4. The highest BCUT2D eigenvalue weighted by atomic mass is 19.1. The number of carbonyl (C=O) groups is 1. The van der Waals surface area contributed by atoms with Crippen LogP contribution in [0.3, 0.4) is 0 Å². The minimum absolute atomic E-state index is 0.0359. The van der Waals surface area contributed by atoms with Crippen molar-refractivity contribution in [2.75, 3.05) is 27.3 Å². The highest BCUT2D eigenvalue weighted by Gasteiger charge is 2.26. The second-order valence-corrected chi connectivity index (χ2v) is 7.10. The van der Waals surface area contributed by atoms with Gasteiger partial charge in [-0.05, 0) is 55.3 Å². The van der Waals surface area contributed by atoms with Crippen LogP contribution in [0.5, 0.6) is 11.5 Å². The summed E-state index contributed by atoms with van der Waals surface area (Å²) in [4.78, 5) is 14.9. The molecule has 1 amide bonds. The monoisotopic (exact) mass is 386 g/mol. The van der Waals surface area contributed by atoms with Gasteiger partial charge < -0.3 is 14.8 Å². The van der Waals surface area contributed by atoms with Gasteiger partial charge in [0, 0.05) is 25.2 Å². The van der Waals surface area contributed by atoms with E-state index in [1.807, 2.05) is 24.3 Å². The predicted molar refractivity (Wildman–Crippen MR) is 106 cm³/mol. The largest absolute Gasteiger partial charge is 0.497 e. The van der Waals surface area contributed by atoms with Crippen molar-refractivity contribution in [3.05, 3.63) is 59.4 Å². The van der Waals surface area contributed by atoms with Gasteiger partial charge in [-0.2, -0.15) is 0 Å². The van der Waals surface area contributed by atoms with Crippen LogP contribution in [0.25, 0.3) is 0 Å². The lowest BCUT2D eigenvalue weighted by molar-refractivity contribution is -0.126. The number of nitrogens with zero attached hydrogens (tertiary/aromatic N) is 1. The molecule has 2 aromatic carbocycles. The summed E-state index contributed by atoms with van der Waals surface area (Å²) in [5, 5.41) is 3.03. The molecule has 5 nitrogen and oxygen atoms in total. The van der Waals surface area contributed by atoms with E-state index in [9.17, 15) is 9.18 Å². The molecular weight excluding hydrogens is 359 g/mol. The van der Waals surface area contributed by atoms with E-state index in [1.165, 1.54) is 6.07 Å². The summed E-state index contributed by atoms with van der Waals surface area (Å²) >= 11 is 0. The number of halogens is 1. The topological polar surface area (TPSA) is 50.8 Å². The summed E-state index contributed by atoms with van der Waals surface area (Å²) in [7, 11) is 3.22. The molecule has 6 heteroatoms. The lowest BCUT2D eigenvalue weighted by Gasteiger charge is -2.32. The van der Waals surface area contributed by atoms with Gasteiger partial charge in [-0.1, -0.05) is 12.1 Å². The fraction of sp³-hybridized carbons (Fsp3) is 0.409. The van der Waals surface area contributed by atoms with Crippen molar-refractivity contribution in [2.24, 2.45) is 5.92 Å². The number of benzene rings is 2. The number of carbonyl (C=O) groups excluding carboxylic acids is 1. The lowest BCUT2D eigenvalue weighted by atomic mass is 9.96. The van der Waals surface area contributed by atoms with Crippen LogP contribution >= 0.6 is 0 Å². The maximum absolute atomic E-state index is 13.4. The Morgan fingerprint density at radius 1 is 1.21 bits per heavy atom. The minimum Gasteiger partial charge on any atom is -0.497 e. The summed E-state index contributed by atoms with van der Waals surface area (Å²) in [6, 6.07) is 12.2. The molecule has 1 heterocycles. The summed E-state index contributed by atoms with van der Waals surface area (Å²) in [6.45, 7) is 2.65. The molecule has 1 atom stereocenters. The van der Waals surface area contributed by atoms with Crippen LogP contribution in [0.4, 0.5) is 4.39 Å². The van der Waals surface area contributed by atoms with Gasteiger partial charge in [0.1, 0.15) is 17.3 Å². The van der Waals surface area contributed by atoms with Crippen LogP contribution in [0, 0.1) is 11.7 Å². The van der Waals surface area contributed by atoms with Crippen molar-refractivity contribution >= 4 is 5.91 Å². The van der Waals surface area contributed by atoms with E-state index < -0.39 is 0 Å². The normalized spacial score (nSPS) is 17.2. The first kappa shape index (κ1) is 20.1. The molecule has 0 aliphatic carbocycles. The van der Waals surface area contributed by atoms with Crippen molar-refractivity contribution < 1.29 is 18.7 Å². The van der Waals surface area contributed by atoms with Crippen LogP contribution in [0.2, 0.25) is 0 Å². The number of nitrogens with one attached hydrogen (secondary N) is 1. The molecule has 2 aromatic rings. The first-order valence-electron chi connectivity index (χ1n) is 9.54. The van der Waals surface area contributed by atoms with Gasteiger partial charge in [0.25, 0.3) is 0 Å². The maximum Gasteiger partial charge on any atom is 0.224 e. The Labute approximate surface area is 165 Å². The van der Waals surface area contributed by atoms with Gasteiger partial charge >= 0.3 is 0 Å². The van der Waals surface area contributed by atoms with Gasteiger partial charge in [-0.15, -0.1) is 0 Å². The number of methoxy groups -OCH3 is 2. The number of hydrogen-bond acceptors (Lipinski definition) is 4. The third-order valence-electron chi connectivity index (χ3n) is 5.11. The van der Waals surface area contributed by atoms with Crippen LogP contribution in [-0.2, 0) is 17.9 Å². The fourth-order valence-corrected chi connectivity index (χ4v) is 3.65.